The van der Waals surface area contributed by atoms with Crippen LogP contribution in [-0.4, -0.2) is 20.8 Å². The van der Waals surface area contributed by atoms with E-state index >= 15 is 0 Å². The molecule has 6 heteroatoms. The quantitative estimate of drug-likeness (QED) is 0.799. The van der Waals surface area contributed by atoms with Crippen molar-refractivity contribution in [1.29, 1.82) is 0 Å². The lowest BCUT2D eigenvalue weighted by molar-refractivity contribution is 0.0938. The second kappa shape index (κ2) is 6.31. The van der Waals surface area contributed by atoms with Gasteiger partial charge in [-0.2, -0.15) is 5.10 Å². The first-order valence-corrected chi connectivity index (χ1v) is 7.82. The van der Waals surface area contributed by atoms with Gasteiger partial charge in [-0.1, -0.05) is 23.4 Å². The van der Waals surface area contributed by atoms with Crippen molar-refractivity contribution in [2.45, 2.75) is 33.7 Å². The van der Waals surface area contributed by atoms with E-state index in [2.05, 4.69) is 15.6 Å². The lowest BCUT2D eigenvalue weighted by Gasteiger charge is -2.14. The van der Waals surface area contributed by atoms with E-state index in [1.54, 1.807) is 20.0 Å². The maximum absolute atomic E-state index is 12.5. The minimum atomic E-state index is -0.189. The summed E-state index contributed by atoms with van der Waals surface area (Å²) in [6.07, 6.45) is 1.79. The van der Waals surface area contributed by atoms with Crippen molar-refractivity contribution >= 4 is 5.91 Å². The Morgan fingerprint density at radius 2 is 1.92 bits per heavy atom. The summed E-state index contributed by atoms with van der Waals surface area (Å²) in [5.41, 5.74) is 4.04. The zero-order valence-corrected chi connectivity index (χ0v) is 14.2. The van der Waals surface area contributed by atoms with Crippen molar-refractivity contribution < 1.29 is 9.32 Å². The van der Waals surface area contributed by atoms with Crippen LogP contribution < -0.4 is 5.32 Å². The fourth-order valence-corrected chi connectivity index (χ4v) is 2.83. The average Bonchev–Trinajstić information content (AvgIpc) is 3.10. The molecule has 6 nitrogen and oxygen atoms in total. The number of nitrogens with zero attached hydrogens (tertiary/aromatic N) is 3. The van der Waals surface area contributed by atoms with Gasteiger partial charge in [-0.25, -0.2) is 4.68 Å². The first-order chi connectivity index (χ1) is 11.5. The zero-order valence-electron chi connectivity index (χ0n) is 14.2. The van der Waals surface area contributed by atoms with E-state index in [0.29, 0.717) is 17.0 Å². The van der Waals surface area contributed by atoms with Crippen LogP contribution in [0.1, 0.15) is 46.0 Å². The van der Waals surface area contributed by atoms with E-state index in [0.717, 1.165) is 16.9 Å². The third-order valence-corrected chi connectivity index (χ3v) is 4.12. The van der Waals surface area contributed by atoms with E-state index in [1.807, 2.05) is 48.9 Å². The van der Waals surface area contributed by atoms with Crippen LogP contribution in [0.4, 0.5) is 0 Å². The van der Waals surface area contributed by atoms with Gasteiger partial charge in [-0.15, -0.1) is 0 Å². The Hall–Kier alpha value is -2.89. The summed E-state index contributed by atoms with van der Waals surface area (Å²) >= 11 is 0. The molecule has 1 atom stereocenters. The van der Waals surface area contributed by atoms with E-state index < -0.39 is 0 Å². The monoisotopic (exact) mass is 324 g/mol. The number of carbonyl (C=O) groups is 1. The highest BCUT2D eigenvalue weighted by Crippen LogP contribution is 2.21. The number of para-hydroxylation sites is 1. The van der Waals surface area contributed by atoms with Gasteiger partial charge in [0.15, 0.2) is 0 Å². The molecule has 2 heterocycles. The number of benzene rings is 1. The van der Waals surface area contributed by atoms with Crippen molar-refractivity contribution in [3.05, 3.63) is 64.8 Å². The first-order valence-electron chi connectivity index (χ1n) is 7.82. The molecule has 0 fully saturated rings. The number of hydrogen-bond donors (Lipinski definition) is 1. The lowest BCUT2D eigenvalue weighted by Crippen LogP contribution is -2.27. The molecule has 0 aliphatic rings. The van der Waals surface area contributed by atoms with Gasteiger partial charge >= 0.3 is 0 Å². The predicted octanol–water partition coefficient (Wildman–Crippen LogP) is 3.28. The van der Waals surface area contributed by atoms with Crippen LogP contribution in [0.25, 0.3) is 5.69 Å². The Balaban J connectivity index is 1.83. The number of carbonyl (C=O) groups excluding carboxylic acids is 1. The molecule has 0 unspecified atom stereocenters. The van der Waals surface area contributed by atoms with Crippen molar-refractivity contribution in [3.63, 3.8) is 0 Å². The molecular formula is C18H20N4O2. The number of hydrogen-bond acceptors (Lipinski definition) is 4. The minimum absolute atomic E-state index is 0.177. The van der Waals surface area contributed by atoms with Crippen LogP contribution >= 0.6 is 0 Å². The second-order valence-corrected chi connectivity index (χ2v) is 5.83. The molecule has 0 radical (unpaired) electrons. The smallest absolute Gasteiger partial charge is 0.257 e. The lowest BCUT2D eigenvalue weighted by atomic mass is 10.1. The van der Waals surface area contributed by atoms with Gasteiger partial charge in [-0.05, 0) is 39.8 Å². The summed E-state index contributed by atoms with van der Waals surface area (Å²) in [6.45, 7) is 7.43. The van der Waals surface area contributed by atoms with E-state index in [-0.39, 0.29) is 11.9 Å². The van der Waals surface area contributed by atoms with Gasteiger partial charge in [-0.3, -0.25) is 4.79 Å². The van der Waals surface area contributed by atoms with E-state index in [4.69, 9.17) is 4.52 Å². The van der Waals surface area contributed by atoms with Crippen molar-refractivity contribution in [2.75, 3.05) is 0 Å². The predicted molar refractivity (Wildman–Crippen MR) is 90.2 cm³/mol. The van der Waals surface area contributed by atoms with Gasteiger partial charge in [0.1, 0.15) is 11.3 Å². The normalized spacial score (nSPS) is 12.2. The Bertz CT molecular complexity index is 845. The van der Waals surface area contributed by atoms with Crippen LogP contribution in [0, 0.1) is 20.8 Å². The summed E-state index contributed by atoms with van der Waals surface area (Å²) in [7, 11) is 0. The molecule has 0 aliphatic heterocycles. The van der Waals surface area contributed by atoms with Crippen LogP contribution in [-0.2, 0) is 0 Å². The SMILES string of the molecule is Cc1noc(C)c1C(=O)N[C@@H](C)c1cnn(-c2ccccc2)c1C. The van der Waals surface area contributed by atoms with Gasteiger partial charge in [0.05, 0.1) is 23.6 Å². The first kappa shape index (κ1) is 16.0. The Labute approximate surface area is 140 Å². The van der Waals surface area contributed by atoms with Crippen LogP contribution in [0.15, 0.2) is 41.1 Å². The zero-order chi connectivity index (χ0) is 17.3. The molecule has 0 saturated carbocycles. The number of rotatable bonds is 4. The largest absolute Gasteiger partial charge is 0.361 e. The maximum atomic E-state index is 12.5. The van der Waals surface area contributed by atoms with Crippen LogP contribution in [0.3, 0.4) is 0 Å². The summed E-state index contributed by atoms with van der Waals surface area (Å²) in [5, 5.41) is 11.3. The Morgan fingerprint density at radius 3 is 2.54 bits per heavy atom. The fraction of sp³-hybridized carbons (Fsp3) is 0.278. The van der Waals surface area contributed by atoms with Gasteiger partial charge in [0.25, 0.3) is 5.91 Å². The second-order valence-electron chi connectivity index (χ2n) is 5.83. The number of aryl methyl sites for hydroxylation is 2. The number of aromatic nitrogens is 3. The molecule has 0 spiro atoms. The highest BCUT2D eigenvalue weighted by atomic mass is 16.5. The fourth-order valence-electron chi connectivity index (χ4n) is 2.83. The van der Waals surface area contributed by atoms with Gasteiger partial charge < -0.3 is 9.84 Å². The highest BCUT2D eigenvalue weighted by Gasteiger charge is 2.21. The van der Waals surface area contributed by atoms with Gasteiger partial charge in [0.2, 0.25) is 0 Å². The topological polar surface area (TPSA) is 73.0 Å². The van der Waals surface area contributed by atoms with Gasteiger partial charge in [0, 0.05) is 11.3 Å². The molecule has 24 heavy (non-hydrogen) atoms. The Kier molecular flexibility index (Phi) is 4.20. The summed E-state index contributed by atoms with van der Waals surface area (Å²) in [5.74, 6) is 0.333. The molecule has 1 N–H and O–H groups in total. The van der Waals surface area contributed by atoms with Crippen molar-refractivity contribution in [3.8, 4) is 5.69 Å². The number of amides is 1. The standard InChI is InChI=1S/C18H20N4O2/c1-11(20-18(23)17-12(2)21-24-14(17)4)16-10-19-22(13(16)3)15-8-6-5-7-9-15/h5-11H,1-4H3,(H,20,23)/t11-/m0/s1. The highest BCUT2D eigenvalue weighted by molar-refractivity contribution is 5.96. The summed E-state index contributed by atoms with van der Waals surface area (Å²) in [6, 6.07) is 9.73. The van der Waals surface area contributed by atoms with Crippen molar-refractivity contribution in [2.24, 2.45) is 0 Å². The molecular weight excluding hydrogens is 304 g/mol. The molecule has 1 aromatic carbocycles. The average molecular weight is 324 g/mol. The third kappa shape index (κ3) is 2.82. The van der Waals surface area contributed by atoms with Crippen LogP contribution in [0.5, 0.6) is 0 Å². The molecule has 3 rings (SSSR count). The molecule has 1 amide bonds. The molecule has 3 aromatic rings. The molecule has 124 valence electrons. The van der Waals surface area contributed by atoms with E-state index in [1.165, 1.54) is 0 Å². The molecule has 0 bridgehead atoms. The van der Waals surface area contributed by atoms with Crippen molar-refractivity contribution in [1.82, 2.24) is 20.3 Å². The molecule has 0 saturated heterocycles. The maximum Gasteiger partial charge on any atom is 0.257 e. The molecule has 0 aliphatic carbocycles. The molecule has 2 aromatic heterocycles. The Morgan fingerprint density at radius 1 is 1.21 bits per heavy atom. The van der Waals surface area contributed by atoms with E-state index in [9.17, 15) is 4.79 Å². The number of nitrogens with one attached hydrogen (secondary N) is 1. The minimum Gasteiger partial charge on any atom is -0.361 e. The summed E-state index contributed by atoms with van der Waals surface area (Å²) in [4.78, 5) is 12.5. The summed E-state index contributed by atoms with van der Waals surface area (Å²) < 4.78 is 6.93. The van der Waals surface area contributed by atoms with Crippen LogP contribution in [0.2, 0.25) is 0 Å². The third-order valence-electron chi connectivity index (χ3n) is 4.12.